The van der Waals surface area contributed by atoms with Crippen molar-refractivity contribution < 1.29 is 28.6 Å². The molecule has 0 rings (SSSR count). The van der Waals surface area contributed by atoms with Crippen LogP contribution in [0.3, 0.4) is 0 Å². The summed E-state index contributed by atoms with van der Waals surface area (Å²) in [5, 5.41) is 0. The van der Waals surface area contributed by atoms with E-state index in [1.54, 1.807) is 0 Å². The van der Waals surface area contributed by atoms with E-state index in [2.05, 4.69) is 106 Å². The maximum Gasteiger partial charge on any atom is 0.306 e. The number of carbonyl (C=O) groups is 3. The first kappa shape index (κ1) is 57.6. The van der Waals surface area contributed by atoms with Crippen LogP contribution in [0.15, 0.2) is 85.1 Å². The molecule has 0 N–H and O–H groups in total. The molecule has 0 aromatic carbocycles. The SMILES string of the molecule is CC/C=C\C/C=C\C/C=C\CCCCCCCCC(=O)OC(COC(=O)CCC/C=C\CCCCCC)COC(=O)CCCCCCC\C=C/C=C\C=C/CCCCCCC. The minimum atomic E-state index is -0.802. The number of allylic oxidation sites excluding steroid dienone is 14. The van der Waals surface area contributed by atoms with E-state index in [-0.39, 0.29) is 31.1 Å². The van der Waals surface area contributed by atoms with Crippen molar-refractivity contribution in [3.8, 4) is 0 Å². The van der Waals surface area contributed by atoms with Crippen LogP contribution in [0.2, 0.25) is 0 Å². The molecule has 348 valence electrons. The summed E-state index contributed by atoms with van der Waals surface area (Å²) in [4.78, 5) is 37.8. The van der Waals surface area contributed by atoms with Gasteiger partial charge in [-0.15, -0.1) is 0 Å². The topological polar surface area (TPSA) is 78.9 Å². The van der Waals surface area contributed by atoms with Crippen molar-refractivity contribution in [1.82, 2.24) is 0 Å². The molecule has 0 aliphatic rings. The van der Waals surface area contributed by atoms with E-state index in [1.807, 2.05) is 0 Å². The number of esters is 3. The van der Waals surface area contributed by atoms with Gasteiger partial charge in [-0.25, -0.2) is 0 Å². The third-order valence-corrected chi connectivity index (χ3v) is 10.4. The summed E-state index contributed by atoms with van der Waals surface area (Å²) in [5.41, 5.74) is 0. The lowest BCUT2D eigenvalue weighted by molar-refractivity contribution is -0.167. The van der Waals surface area contributed by atoms with Crippen LogP contribution >= 0.6 is 0 Å². The minimum Gasteiger partial charge on any atom is -0.462 e. The molecule has 0 saturated heterocycles. The molecule has 0 bridgehead atoms. The molecule has 0 aromatic heterocycles. The van der Waals surface area contributed by atoms with Crippen LogP contribution in [-0.2, 0) is 28.6 Å². The van der Waals surface area contributed by atoms with Gasteiger partial charge in [0.1, 0.15) is 13.2 Å². The monoisotopic (exact) mass is 849 g/mol. The van der Waals surface area contributed by atoms with E-state index in [9.17, 15) is 14.4 Å². The fourth-order valence-electron chi connectivity index (χ4n) is 6.64. The second kappa shape index (κ2) is 49.2. The molecule has 1 unspecified atom stereocenters. The zero-order chi connectivity index (χ0) is 44.4. The molecule has 0 aromatic rings. The highest BCUT2D eigenvalue weighted by Gasteiger charge is 2.19. The lowest BCUT2D eigenvalue weighted by atomic mass is 10.1. The van der Waals surface area contributed by atoms with Gasteiger partial charge in [0, 0.05) is 19.3 Å². The first-order chi connectivity index (χ1) is 30.0. The standard InChI is InChI=1S/C55H92O6/c1-4-7-10-13-16-19-21-23-25-27-28-30-31-33-36-39-42-45-48-54(57)60-51-52(50-59-53(56)47-44-41-38-35-18-15-12-9-6-3)61-55(58)49-46-43-40-37-34-32-29-26-24-22-20-17-14-11-8-5-2/h8,11,17,20-21,23-28,30,35,38,52H,4-7,9-10,12-16,18-19,22,29,31-34,36-37,39-51H2,1-3H3/b11-8-,20-17-,23-21-,26-24-,27-25-,30-28-,38-35-. The van der Waals surface area contributed by atoms with Gasteiger partial charge in [-0.3, -0.25) is 14.4 Å². The van der Waals surface area contributed by atoms with Gasteiger partial charge >= 0.3 is 17.9 Å². The van der Waals surface area contributed by atoms with Crippen molar-refractivity contribution in [3.05, 3.63) is 85.1 Å². The zero-order valence-corrected chi connectivity index (χ0v) is 39.7. The second-order valence-electron chi connectivity index (χ2n) is 16.4. The zero-order valence-electron chi connectivity index (χ0n) is 39.7. The average Bonchev–Trinajstić information content (AvgIpc) is 3.26. The summed E-state index contributed by atoms with van der Waals surface area (Å²) in [6.07, 6.45) is 62.9. The molecule has 6 heteroatoms. The molecule has 0 amide bonds. The Hall–Kier alpha value is -3.41. The van der Waals surface area contributed by atoms with E-state index in [1.165, 1.54) is 70.6 Å². The molecule has 6 nitrogen and oxygen atoms in total. The van der Waals surface area contributed by atoms with Gasteiger partial charge in [0.15, 0.2) is 6.10 Å². The second-order valence-corrected chi connectivity index (χ2v) is 16.4. The van der Waals surface area contributed by atoms with Crippen molar-refractivity contribution in [2.45, 2.75) is 232 Å². The lowest BCUT2D eigenvalue weighted by Gasteiger charge is -2.18. The number of ether oxygens (including phenoxy) is 3. The Morgan fingerprint density at radius 2 is 0.721 bits per heavy atom. The van der Waals surface area contributed by atoms with Gasteiger partial charge < -0.3 is 14.2 Å². The van der Waals surface area contributed by atoms with Crippen molar-refractivity contribution in [3.63, 3.8) is 0 Å². The van der Waals surface area contributed by atoms with Gasteiger partial charge in [0.25, 0.3) is 0 Å². The third kappa shape index (κ3) is 47.5. The molecule has 0 aliphatic carbocycles. The summed E-state index contributed by atoms with van der Waals surface area (Å²) in [7, 11) is 0. The van der Waals surface area contributed by atoms with Crippen molar-refractivity contribution >= 4 is 17.9 Å². The number of rotatable bonds is 44. The normalized spacial score (nSPS) is 12.8. The van der Waals surface area contributed by atoms with Crippen molar-refractivity contribution in [2.24, 2.45) is 0 Å². The number of hydrogen-bond donors (Lipinski definition) is 0. The van der Waals surface area contributed by atoms with E-state index >= 15 is 0 Å². The maximum absolute atomic E-state index is 12.8. The van der Waals surface area contributed by atoms with Crippen LogP contribution in [-0.4, -0.2) is 37.2 Å². The van der Waals surface area contributed by atoms with Crippen LogP contribution in [0.1, 0.15) is 226 Å². The third-order valence-electron chi connectivity index (χ3n) is 10.4. The van der Waals surface area contributed by atoms with E-state index in [4.69, 9.17) is 14.2 Å². The highest BCUT2D eigenvalue weighted by Crippen LogP contribution is 2.13. The smallest absolute Gasteiger partial charge is 0.306 e. The maximum atomic E-state index is 12.8. The van der Waals surface area contributed by atoms with Crippen LogP contribution in [0, 0.1) is 0 Å². The van der Waals surface area contributed by atoms with Gasteiger partial charge in [-0.2, -0.15) is 0 Å². The Kier molecular flexibility index (Phi) is 46.5. The Morgan fingerprint density at radius 3 is 1.23 bits per heavy atom. The largest absolute Gasteiger partial charge is 0.462 e. The van der Waals surface area contributed by atoms with Gasteiger partial charge in [0.05, 0.1) is 0 Å². The van der Waals surface area contributed by atoms with Gasteiger partial charge in [-0.05, 0) is 96.3 Å². The number of carbonyl (C=O) groups excluding carboxylic acids is 3. The number of unbranched alkanes of at least 4 members (excludes halogenated alkanes) is 21. The molecule has 0 fully saturated rings. The fraction of sp³-hybridized carbons (Fsp3) is 0.691. The Labute approximate surface area is 375 Å². The molecule has 0 spiro atoms. The fourth-order valence-corrected chi connectivity index (χ4v) is 6.64. The molecule has 1 atom stereocenters. The predicted molar refractivity (Wildman–Crippen MR) is 261 cm³/mol. The van der Waals surface area contributed by atoms with Gasteiger partial charge in [0.2, 0.25) is 0 Å². The molecular weight excluding hydrogens is 757 g/mol. The quantitative estimate of drug-likeness (QED) is 0.0200. The molecule has 0 saturated carbocycles. The minimum absolute atomic E-state index is 0.102. The van der Waals surface area contributed by atoms with Crippen LogP contribution in [0.5, 0.6) is 0 Å². The van der Waals surface area contributed by atoms with Crippen LogP contribution in [0.4, 0.5) is 0 Å². The molecular formula is C55H92O6. The van der Waals surface area contributed by atoms with Crippen LogP contribution < -0.4 is 0 Å². The lowest BCUT2D eigenvalue weighted by Crippen LogP contribution is -2.30. The highest BCUT2D eigenvalue weighted by atomic mass is 16.6. The first-order valence-corrected chi connectivity index (χ1v) is 25.1. The Bertz CT molecular complexity index is 1200. The van der Waals surface area contributed by atoms with Crippen molar-refractivity contribution in [2.75, 3.05) is 13.2 Å². The van der Waals surface area contributed by atoms with Crippen LogP contribution in [0.25, 0.3) is 0 Å². The molecule has 0 radical (unpaired) electrons. The summed E-state index contributed by atoms with van der Waals surface area (Å²) in [6.45, 7) is 6.41. The van der Waals surface area contributed by atoms with E-state index in [0.29, 0.717) is 25.7 Å². The summed E-state index contributed by atoms with van der Waals surface area (Å²) in [5.74, 6) is -0.973. The average molecular weight is 849 g/mol. The Balaban J connectivity index is 4.42. The molecule has 61 heavy (non-hydrogen) atoms. The first-order valence-electron chi connectivity index (χ1n) is 25.1. The Morgan fingerprint density at radius 1 is 0.361 bits per heavy atom. The van der Waals surface area contributed by atoms with E-state index in [0.717, 1.165) is 109 Å². The van der Waals surface area contributed by atoms with Crippen molar-refractivity contribution in [1.29, 1.82) is 0 Å². The van der Waals surface area contributed by atoms with E-state index < -0.39 is 6.10 Å². The summed E-state index contributed by atoms with van der Waals surface area (Å²) < 4.78 is 16.7. The number of hydrogen-bond acceptors (Lipinski definition) is 6. The highest BCUT2D eigenvalue weighted by molar-refractivity contribution is 5.71. The predicted octanol–water partition coefficient (Wildman–Crippen LogP) is 16.4. The summed E-state index contributed by atoms with van der Waals surface area (Å²) >= 11 is 0. The van der Waals surface area contributed by atoms with Gasteiger partial charge in [-0.1, -0.05) is 196 Å². The molecule has 0 heterocycles. The summed E-state index contributed by atoms with van der Waals surface area (Å²) in [6, 6.07) is 0. The molecule has 0 aliphatic heterocycles.